The van der Waals surface area contributed by atoms with Gasteiger partial charge in [-0.3, -0.25) is 4.99 Å². The number of hydrogen-bond acceptors (Lipinski definition) is 1. The average molecular weight is 465 g/mol. The molecule has 1 aromatic carbocycles. The van der Waals surface area contributed by atoms with Gasteiger partial charge in [-0.1, -0.05) is 13.0 Å². The molecule has 0 fully saturated rings. The number of benzene rings is 1. The second-order valence-electron chi connectivity index (χ2n) is 5.08. The molecule has 0 aliphatic heterocycles. The van der Waals surface area contributed by atoms with E-state index < -0.39 is 24.2 Å². The topological polar surface area (TPSA) is 36.4 Å². The predicted molar refractivity (Wildman–Crippen MR) is 94.8 cm³/mol. The van der Waals surface area contributed by atoms with Crippen LogP contribution < -0.4 is 10.6 Å². The van der Waals surface area contributed by atoms with Crippen LogP contribution in [0.25, 0.3) is 0 Å². The summed E-state index contributed by atoms with van der Waals surface area (Å²) in [6, 6.07) is 3.29. The minimum Gasteiger partial charge on any atom is -0.357 e. The Labute approximate surface area is 155 Å². The molecule has 24 heavy (non-hydrogen) atoms. The Hall–Kier alpha value is -1.13. The Morgan fingerprint density at radius 3 is 2.42 bits per heavy atom. The second-order valence-corrected chi connectivity index (χ2v) is 5.08. The van der Waals surface area contributed by atoms with E-state index in [1.807, 2.05) is 0 Å². The van der Waals surface area contributed by atoms with Crippen LogP contribution in [-0.4, -0.2) is 31.8 Å². The zero-order valence-corrected chi connectivity index (χ0v) is 15.7. The zero-order valence-electron chi connectivity index (χ0n) is 13.4. The number of nitrogens with zero attached hydrogens (tertiary/aromatic N) is 1. The predicted octanol–water partition coefficient (Wildman–Crippen LogP) is 4.19. The first-order valence-corrected chi connectivity index (χ1v) is 7.26. The van der Waals surface area contributed by atoms with Crippen molar-refractivity contribution in [1.82, 2.24) is 10.6 Å². The van der Waals surface area contributed by atoms with Gasteiger partial charge in [-0.25, -0.2) is 8.78 Å². The maximum absolute atomic E-state index is 13.7. The Bertz CT molecular complexity index is 534. The van der Waals surface area contributed by atoms with E-state index in [1.165, 1.54) is 6.07 Å². The largest absolute Gasteiger partial charge is 0.390 e. The molecule has 0 saturated carbocycles. The molecule has 0 aliphatic rings. The summed E-state index contributed by atoms with van der Waals surface area (Å²) in [7, 11) is 0. The lowest BCUT2D eigenvalue weighted by Gasteiger charge is -2.15. The van der Waals surface area contributed by atoms with Crippen molar-refractivity contribution in [2.45, 2.75) is 32.4 Å². The first-order chi connectivity index (χ1) is 10.7. The normalized spacial score (nSPS) is 13.2. The third-order valence-electron chi connectivity index (χ3n) is 3.06. The molecule has 0 amide bonds. The van der Waals surface area contributed by atoms with Gasteiger partial charge < -0.3 is 10.6 Å². The minimum atomic E-state index is -4.24. The summed E-state index contributed by atoms with van der Waals surface area (Å²) < 4.78 is 62.9. The minimum absolute atomic E-state index is 0. The molecular formula is C15H21F5IN3. The summed E-state index contributed by atoms with van der Waals surface area (Å²) in [4.78, 5) is 4.14. The summed E-state index contributed by atoms with van der Waals surface area (Å²) in [6.07, 6.45) is -5.21. The van der Waals surface area contributed by atoms with Gasteiger partial charge in [-0.2, -0.15) is 13.2 Å². The average Bonchev–Trinajstić information content (AvgIpc) is 2.43. The lowest BCUT2D eigenvalue weighted by atomic mass is 10.0. The zero-order chi connectivity index (χ0) is 17.5. The fourth-order valence-electron chi connectivity index (χ4n) is 1.89. The standard InChI is InChI=1S/C15H20F5N3.HI/c1-3-21-14(22-7-6-15(18,19)20)23-9-10(2)12-5-4-11(16)8-13(12)17;/h4-5,8,10H,3,6-7,9H2,1-2H3,(H2,21,22,23);1H. The van der Waals surface area contributed by atoms with E-state index in [9.17, 15) is 22.0 Å². The summed E-state index contributed by atoms with van der Waals surface area (Å²) in [5.74, 6) is -1.44. The van der Waals surface area contributed by atoms with Crippen LogP contribution in [-0.2, 0) is 0 Å². The molecule has 0 spiro atoms. The number of aliphatic imine (C=N–C) groups is 1. The van der Waals surface area contributed by atoms with Gasteiger partial charge in [0.15, 0.2) is 5.96 Å². The van der Waals surface area contributed by atoms with Crippen molar-refractivity contribution in [3.05, 3.63) is 35.4 Å². The molecule has 3 nitrogen and oxygen atoms in total. The number of guanidine groups is 1. The van der Waals surface area contributed by atoms with Gasteiger partial charge in [0.25, 0.3) is 0 Å². The van der Waals surface area contributed by atoms with Crippen LogP contribution >= 0.6 is 24.0 Å². The van der Waals surface area contributed by atoms with Crippen LogP contribution in [0.4, 0.5) is 22.0 Å². The number of halogens is 6. The van der Waals surface area contributed by atoms with Crippen LogP contribution in [0.2, 0.25) is 0 Å². The highest BCUT2D eigenvalue weighted by Crippen LogP contribution is 2.20. The summed E-state index contributed by atoms with van der Waals surface area (Å²) in [5.41, 5.74) is 0.307. The second kappa shape index (κ2) is 10.7. The van der Waals surface area contributed by atoms with Crippen LogP contribution in [0.3, 0.4) is 0 Å². The van der Waals surface area contributed by atoms with E-state index in [1.54, 1.807) is 13.8 Å². The highest BCUT2D eigenvalue weighted by Gasteiger charge is 2.26. The molecule has 0 saturated heterocycles. The Morgan fingerprint density at radius 1 is 1.21 bits per heavy atom. The smallest absolute Gasteiger partial charge is 0.357 e. The molecule has 0 bridgehead atoms. The van der Waals surface area contributed by atoms with Crippen LogP contribution in [0, 0.1) is 11.6 Å². The summed E-state index contributed by atoms with van der Waals surface area (Å²) in [6.45, 7) is 3.83. The first kappa shape index (κ1) is 22.9. The molecule has 1 aromatic rings. The Kier molecular flexibility index (Phi) is 10.2. The maximum Gasteiger partial charge on any atom is 0.390 e. The van der Waals surface area contributed by atoms with Crippen molar-refractivity contribution in [1.29, 1.82) is 0 Å². The molecule has 1 unspecified atom stereocenters. The van der Waals surface area contributed by atoms with Crippen molar-refractivity contribution in [3.63, 3.8) is 0 Å². The first-order valence-electron chi connectivity index (χ1n) is 7.26. The molecule has 0 heterocycles. The fraction of sp³-hybridized carbons (Fsp3) is 0.533. The summed E-state index contributed by atoms with van der Waals surface area (Å²) in [5, 5.41) is 5.39. The molecule has 0 aliphatic carbocycles. The van der Waals surface area contributed by atoms with Crippen molar-refractivity contribution in [2.75, 3.05) is 19.6 Å². The third-order valence-corrected chi connectivity index (χ3v) is 3.06. The van der Waals surface area contributed by atoms with Gasteiger partial charge in [0, 0.05) is 31.6 Å². The Balaban J connectivity index is 0.00000529. The van der Waals surface area contributed by atoms with Gasteiger partial charge in [-0.05, 0) is 18.6 Å². The number of hydrogen-bond donors (Lipinski definition) is 2. The highest BCUT2D eigenvalue weighted by molar-refractivity contribution is 14.0. The lowest BCUT2D eigenvalue weighted by molar-refractivity contribution is -0.132. The lowest BCUT2D eigenvalue weighted by Crippen LogP contribution is -2.39. The quantitative estimate of drug-likeness (QED) is 0.286. The molecule has 138 valence electrons. The Morgan fingerprint density at radius 2 is 1.88 bits per heavy atom. The van der Waals surface area contributed by atoms with Crippen LogP contribution in [0.1, 0.15) is 31.7 Å². The molecule has 0 radical (unpaired) electrons. The highest BCUT2D eigenvalue weighted by atomic mass is 127. The van der Waals surface area contributed by atoms with E-state index >= 15 is 0 Å². The SMILES string of the molecule is CCNC(=NCC(C)c1ccc(F)cc1F)NCCC(F)(F)F.I. The van der Waals surface area contributed by atoms with Crippen molar-refractivity contribution in [3.8, 4) is 0 Å². The molecule has 9 heteroatoms. The van der Waals surface area contributed by atoms with Crippen molar-refractivity contribution >= 4 is 29.9 Å². The molecule has 1 rings (SSSR count). The van der Waals surface area contributed by atoms with Crippen molar-refractivity contribution < 1.29 is 22.0 Å². The maximum atomic E-state index is 13.7. The van der Waals surface area contributed by atoms with Gasteiger partial charge in [0.1, 0.15) is 11.6 Å². The van der Waals surface area contributed by atoms with Gasteiger partial charge >= 0.3 is 6.18 Å². The third kappa shape index (κ3) is 8.65. The molecule has 0 aromatic heterocycles. The van der Waals surface area contributed by atoms with Gasteiger partial charge in [-0.15, -0.1) is 24.0 Å². The van der Waals surface area contributed by atoms with Gasteiger partial charge in [0.05, 0.1) is 6.42 Å². The number of alkyl halides is 3. The molecular weight excluding hydrogens is 444 g/mol. The monoisotopic (exact) mass is 465 g/mol. The number of rotatable bonds is 6. The molecule has 2 N–H and O–H groups in total. The van der Waals surface area contributed by atoms with Crippen LogP contribution in [0.15, 0.2) is 23.2 Å². The fourth-order valence-corrected chi connectivity index (χ4v) is 1.89. The summed E-state index contributed by atoms with van der Waals surface area (Å²) >= 11 is 0. The van der Waals surface area contributed by atoms with E-state index in [4.69, 9.17) is 0 Å². The van der Waals surface area contributed by atoms with E-state index in [0.29, 0.717) is 12.1 Å². The number of nitrogens with one attached hydrogen (secondary N) is 2. The van der Waals surface area contributed by atoms with E-state index in [2.05, 4.69) is 15.6 Å². The van der Waals surface area contributed by atoms with E-state index in [0.717, 1.165) is 12.1 Å². The van der Waals surface area contributed by atoms with Crippen LogP contribution in [0.5, 0.6) is 0 Å². The van der Waals surface area contributed by atoms with Gasteiger partial charge in [0.2, 0.25) is 0 Å². The molecule has 1 atom stereocenters. The van der Waals surface area contributed by atoms with E-state index in [-0.39, 0.29) is 48.9 Å². The van der Waals surface area contributed by atoms with Crippen molar-refractivity contribution in [2.24, 2.45) is 4.99 Å².